The number of hydrogen-bond donors (Lipinski definition) is 2. The second-order valence-corrected chi connectivity index (χ2v) is 3.75. The first-order valence-electron chi connectivity index (χ1n) is 5.56. The predicted octanol–water partition coefficient (Wildman–Crippen LogP) is 0.940. The van der Waals surface area contributed by atoms with Crippen LogP contribution in [0.25, 0.3) is 0 Å². The van der Waals surface area contributed by atoms with Crippen LogP contribution >= 0.6 is 0 Å². The van der Waals surface area contributed by atoms with Crippen LogP contribution in [0.4, 0.5) is 0 Å². The van der Waals surface area contributed by atoms with E-state index in [9.17, 15) is 9.90 Å². The van der Waals surface area contributed by atoms with Gasteiger partial charge in [-0.2, -0.15) is 5.10 Å². The van der Waals surface area contributed by atoms with Gasteiger partial charge in [0.15, 0.2) is 5.69 Å². The van der Waals surface area contributed by atoms with Crippen LogP contribution in [0.3, 0.4) is 0 Å². The summed E-state index contributed by atoms with van der Waals surface area (Å²) in [5, 5.41) is 19.8. The third-order valence-corrected chi connectivity index (χ3v) is 2.45. The molecule has 5 heteroatoms. The van der Waals surface area contributed by atoms with Gasteiger partial charge in [0.1, 0.15) is 0 Å². The molecule has 1 heterocycles. The van der Waals surface area contributed by atoms with Crippen molar-refractivity contribution < 1.29 is 9.90 Å². The summed E-state index contributed by atoms with van der Waals surface area (Å²) in [5.41, 5.74) is 0.995. The highest BCUT2D eigenvalue weighted by molar-refractivity contribution is 5.91. The molecule has 1 atom stereocenters. The molecule has 2 aromatic rings. The molecule has 0 radical (unpaired) electrons. The molecule has 1 aromatic heterocycles. The minimum absolute atomic E-state index is 0.138. The van der Waals surface area contributed by atoms with Crippen LogP contribution in [0.1, 0.15) is 22.2 Å². The van der Waals surface area contributed by atoms with Crippen molar-refractivity contribution in [1.29, 1.82) is 0 Å². The number of rotatable bonds is 4. The fourth-order valence-corrected chi connectivity index (χ4v) is 1.50. The van der Waals surface area contributed by atoms with Crippen molar-refractivity contribution in [3.05, 3.63) is 59.9 Å². The number of hydrogen-bond acceptors (Lipinski definition) is 4. The number of carbonyl (C=O) groups is 1. The standard InChI is InChI=1S/C13H13N3O2/c17-12(10-5-2-1-3-6-10)9-14-13(18)11-7-4-8-15-16-11/h1-8,12,17H,9H2,(H,14,18). The summed E-state index contributed by atoms with van der Waals surface area (Å²) >= 11 is 0. The Hall–Kier alpha value is -2.27. The lowest BCUT2D eigenvalue weighted by atomic mass is 10.1. The van der Waals surface area contributed by atoms with Gasteiger partial charge >= 0.3 is 0 Å². The molecule has 0 spiro atoms. The van der Waals surface area contributed by atoms with Gasteiger partial charge in [-0.25, -0.2) is 0 Å². The largest absolute Gasteiger partial charge is 0.387 e. The number of aromatic nitrogens is 2. The maximum atomic E-state index is 11.7. The highest BCUT2D eigenvalue weighted by atomic mass is 16.3. The van der Waals surface area contributed by atoms with Crippen molar-refractivity contribution in [3.8, 4) is 0 Å². The van der Waals surface area contributed by atoms with Crippen LogP contribution < -0.4 is 5.32 Å². The molecule has 18 heavy (non-hydrogen) atoms. The first-order chi connectivity index (χ1) is 8.77. The SMILES string of the molecule is O=C(NCC(O)c1ccccc1)c1cccnn1. The molecule has 2 N–H and O–H groups in total. The van der Waals surface area contributed by atoms with E-state index >= 15 is 0 Å². The van der Waals surface area contributed by atoms with E-state index < -0.39 is 6.10 Å². The van der Waals surface area contributed by atoms with Gasteiger partial charge in [-0.1, -0.05) is 30.3 Å². The number of aliphatic hydroxyl groups excluding tert-OH is 1. The topological polar surface area (TPSA) is 75.1 Å². The van der Waals surface area contributed by atoms with Crippen LogP contribution in [-0.2, 0) is 0 Å². The smallest absolute Gasteiger partial charge is 0.271 e. The van der Waals surface area contributed by atoms with Crippen LogP contribution in [0.5, 0.6) is 0 Å². The number of carbonyl (C=O) groups excluding carboxylic acids is 1. The lowest BCUT2D eigenvalue weighted by molar-refractivity contribution is 0.0910. The number of nitrogens with one attached hydrogen (secondary N) is 1. The van der Waals surface area contributed by atoms with E-state index in [1.165, 1.54) is 6.20 Å². The number of nitrogens with zero attached hydrogens (tertiary/aromatic N) is 2. The summed E-state index contributed by atoms with van der Waals surface area (Å²) in [4.78, 5) is 11.7. The summed E-state index contributed by atoms with van der Waals surface area (Å²) < 4.78 is 0. The average molecular weight is 243 g/mol. The summed E-state index contributed by atoms with van der Waals surface area (Å²) in [7, 11) is 0. The molecule has 0 saturated carbocycles. The zero-order valence-corrected chi connectivity index (χ0v) is 9.65. The first-order valence-corrected chi connectivity index (χ1v) is 5.56. The van der Waals surface area contributed by atoms with E-state index in [-0.39, 0.29) is 18.1 Å². The van der Waals surface area contributed by atoms with Gasteiger partial charge in [0.2, 0.25) is 0 Å². The zero-order valence-electron chi connectivity index (χ0n) is 9.65. The van der Waals surface area contributed by atoms with Crippen LogP contribution in [-0.4, -0.2) is 27.8 Å². The second kappa shape index (κ2) is 5.88. The summed E-state index contributed by atoms with van der Waals surface area (Å²) in [5.74, 6) is -0.349. The van der Waals surface area contributed by atoms with Gasteiger partial charge in [-0.15, -0.1) is 5.10 Å². The van der Waals surface area contributed by atoms with E-state index in [4.69, 9.17) is 0 Å². The van der Waals surface area contributed by atoms with Gasteiger partial charge in [0, 0.05) is 12.7 Å². The Balaban J connectivity index is 1.91. The average Bonchev–Trinajstić information content (AvgIpc) is 2.46. The van der Waals surface area contributed by atoms with E-state index in [0.29, 0.717) is 0 Å². The van der Waals surface area contributed by atoms with Crippen molar-refractivity contribution in [1.82, 2.24) is 15.5 Å². The van der Waals surface area contributed by atoms with Crippen molar-refractivity contribution in [3.63, 3.8) is 0 Å². The molecular weight excluding hydrogens is 230 g/mol. The monoisotopic (exact) mass is 243 g/mol. The van der Waals surface area contributed by atoms with Gasteiger partial charge in [0.05, 0.1) is 6.10 Å². The highest BCUT2D eigenvalue weighted by Crippen LogP contribution is 2.10. The molecule has 0 bridgehead atoms. The molecule has 5 nitrogen and oxygen atoms in total. The summed E-state index contributed by atoms with van der Waals surface area (Å²) in [6, 6.07) is 12.4. The third kappa shape index (κ3) is 3.11. The fraction of sp³-hybridized carbons (Fsp3) is 0.154. The predicted molar refractivity (Wildman–Crippen MR) is 65.8 cm³/mol. The third-order valence-electron chi connectivity index (χ3n) is 2.45. The lowest BCUT2D eigenvalue weighted by Gasteiger charge is -2.11. The van der Waals surface area contributed by atoms with Crippen molar-refractivity contribution >= 4 is 5.91 Å². The Morgan fingerprint density at radius 3 is 2.67 bits per heavy atom. The number of amides is 1. The van der Waals surface area contributed by atoms with Crippen LogP contribution in [0, 0.1) is 0 Å². The molecule has 92 valence electrons. The first kappa shape index (κ1) is 12.2. The van der Waals surface area contributed by atoms with Crippen molar-refractivity contribution in [2.24, 2.45) is 0 Å². The quantitative estimate of drug-likeness (QED) is 0.838. The molecule has 0 aliphatic heterocycles. The van der Waals surface area contributed by atoms with Crippen molar-refractivity contribution in [2.45, 2.75) is 6.10 Å². The molecule has 1 unspecified atom stereocenters. The Labute approximate surface area is 104 Å². The van der Waals surface area contributed by atoms with Gasteiger partial charge in [-0.3, -0.25) is 4.79 Å². The van der Waals surface area contributed by atoms with E-state index in [1.807, 2.05) is 18.2 Å². The lowest BCUT2D eigenvalue weighted by Crippen LogP contribution is -2.29. The Bertz CT molecular complexity index is 502. The van der Waals surface area contributed by atoms with Gasteiger partial charge in [-0.05, 0) is 17.7 Å². The number of benzene rings is 1. The maximum Gasteiger partial charge on any atom is 0.271 e. The van der Waals surface area contributed by atoms with Crippen molar-refractivity contribution in [2.75, 3.05) is 6.54 Å². The molecular formula is C13H13N3O2. The molecule has 1 aromatic carbocycles. The van der Waals surface area contributed by atoms with Gasteiger partial charge < -0.3 is 10.4 Å². The molecule has 0 aliphatic carbocycles. The normalized spacial score (nSPS) is 11.8. The maximum absolute atomic E-state index is 11.7. The molecule has 0 fully saturated rings. The van der Waals surface area contributed by atoms with Crippen LogP contribution in [0.15, 0.2) is 48.7 Å². The Morgan fingerprint density at radius 1 is 1.22 bits per heavy atom. The number of aliphatic hydroxyl groups is 1. The van der Waals surface area contributed by atoms with E-state index in [1.54, 1.807) is 24.3 Å². The van der Waals surface area contributed by atoms with E-state index in [2.05, 4.69) is 15.5 Å². The Morgan fingerprint density at radius 2 is 2.00 bits per heavy atom. The zero-order chi connectivity index (χ0) is 12.8. The molecule has 0 saturated heterocycles. The minimum atomic E-state index is -0.730. The minimum Gasteiger partial charge on any atom is -0.387 e. The fourth-order valence-electron chi connectivity index (χ4n) is 1.50. The molecule has 0 aliphatic rings. The van der Waals surface area contributed by atoms with Crippen LogP contribution in [0.2, 0.25) is 0 Å². The second-order valence-electron chi connectivity index (χ2n) is 3.75. The van der Waals surface area contributed by atoms with E-state index in [0.717, 1.165) is 5.56 Å². The van der Waals surface area contributed by atoms with Gasteiger partial charge in [0.25, 0.3) is 5.91 Å². The molecule has 1 amide bonds. The summed E-state index contributed by atoms with van der Waals surface area (Å²) in [6.07, 6.45) is 0.766. The molecule has 2 rings (SSSR count). The highest BCUT2D eigenvalue weighted by Gasteiger charge is 2.11. The summed E-state index contributed by atoms with van der Waals surface area (Å²) in [6.45, 7) is 0.138. The Kier molecular flexibility index (Phi) is 3.98.